The van der Waals surface area contributed by atoms with Gasteiger partial charge in [-0.25, -0.2) is 12.4 Å². The molecule has 3 aromatic carbocycles. The highest BCUT2D eigenvalue weighted by atomic mass is 32.2. The van der Waals surface area contributed by atoms with Gasteiger partial charge in [-0.2, -0.15) is 0 Å². The molecule has 2 amide bonds. The summed E-state index contributed by atoms with van der Waals surface area (Å²) in [5, 5.41) is 0.721. The van der Waals surface area contributed by atoms with Crippen LogP contribution in [0.5, 0.6) is 0 Å². The number of nitrogens with zero attached hydrogens (tertiary/aromatic N) is 3. The molecule has 0 unspecified atom stereocenters. The summed E-state index contributed by atoms with van der Waals surface area (Å²) in [6.07, 6.45) is 3.68. The van der Waals surface area contributed by atoms with Crippen LogP contribution in [0.1, 0.15) is 41.5 Å². The Balaban J connectivity index is 1.39. The minimum absolute atomic E-state index is 0.0657. The van der Waals surface area contributed by atoms with E-state index in [4.69, 9.17) is 4.11 Å². The van der Waals surface area contributed by atoms with Gasteiger partial charge in [0.1, 0.15) is 0 Å². The number of benzene rings is 3. The number of fused-ring (bicyclic) bond motifs is 3. The van der Waals surface area contributed by atoms with E-state index in [0.29, 0.717) is 27.8 Å². The lowest BCUT2D eigenvalue weighted by atomic mass is 9.81. The van der Waals surface area contributed by atoms with Crippen LogP contribution in [0.15, 0.2) is 83.9 Å². The summed E-state index contributed by atoms with van der Waals surface area (Å²) < 4.78 is 53.8. The molecular weight excluding hydrogens is 498 g/mol. The molecule has 8 heteroatoms. The molecule has 2 atom stereocenters. The first-order chi connectivity index (χ1) is 19.5. The minimum atomic E-state index is -3.93. The molecule has 0 spiro atoms. The van der Waals surface area contributed by atoms with Gasteiger partial charge in [0.05, 0.1) is 27.6 Å². The van der Waals surface area contributed by atoms with E-state index in [1.54, 1.807) is 66.9 Å². The molecule has 7 nitrogen and oxygen atoms in total. The molecule has 4 aromatic rings. The molecule has 190 valence electrons. The van der Waals surface area contributed by atoms with Gasteiger partial charge in [0.25, 0.3) is 21.8 Å². The lowest BCUT2D eigenvalue weighted by molar-refractivity contribution is 0.0577. The predicted molar refractivity (Wildman–Crippen MR) is 145 cm³/mol. The SMILES string of the molecule is [2H]C([2H])([2H])N1C[C@@H](N2C(=O)c3ccccc3C2=O)C=C2c3cccc4c3c(cn4S(=O)(=O)c3ccc(C)cc3)C[C@H]21. The Labute approximate surface area is 224 Å². The van der Waals surface area contributed by atoms with Gasteiger partial charge in [-0.1, -0.05) is 48.0 Å². The number of likely N-dealkylation sites (N-methyl/N-ethyl adjacent to an activating group) is 1. The van der Waals surface area contributed by atoms with E-state index in [0.717, 1.165) is 21.4 Å². The maximum absolute atomic E-state index is 13.7. The Kier molecular flexibility index (Phi) is 4.21. The van der Waals surface area contributed by atoms with Gasteiger partial charge in [0.2, 0.25) is 0 Å². The van der Waals surface area contributed by atoms with E-state index in [9.17, 15) is 18.0 Å². The van der Waals surface area contributed by atoms with Gasteiger partial charge in [0.15, 0.2) is 0 Å². The third-order valence-electron chi connectivity index (χ3n) is 7.82. The van der Waals surface area contributed by atoms with Crippen molar-refractivity contribution in [1.29, 1.82) is 0 Å². The molecule has 0 N–H and O–H groups in total. The molecular formula is C30H25N3O4S. The number of amides is 2. The van der Waals surface area contributed by atoms with Crippen molar-refractivity contribution >= 4 is 38.3 Å². The molecule has 0 saturated carbocycles. The van der Waals surface area contributed by atoms with Gasteiger partial charge in [-0.05, 0) is 67.4 Å². The number of imide groups is 1. The van der Waals surface area contributed by atoms with Crippen molar-refractivity contribution in [1.82, 2.24) is 13.8 Å². The second kappa shape index (κ2) is 7.99. The summed E-state index contributed by atoms with van der Waals surface area (Å²) in [7, 11) is -3.93. The van der Waals surface area contributed by atoms with E-state index < -0.39 is 40.9 Å². The fourth-order valence-corrected chi connectivity index (χ4v) is 7.37. The number of carbonyl (C=O) groups excluding carboxylic acids is 2. The van der Waals surface area contributed by atoms with Gasteiger partial charge < -0.3 is 0 Å². The first-order valence-electron chi connectivity index (χ1n) is 13.9. The number of carbonyl (C=O) groups is 2. The Bertz CT molecular complexity index is 1890. The van der Waals surface area contributed by atoms with Crippen LogP contribution in [-0.4, -0.2) is 59.6 Å². The zero-order valence-electron chi connectivity index (χ0n) is 23.5. The topological polar surface area (TPSA) is 79.7 Å². The van der Waals surface area contributed by atoms with Crippen molar-refractivity contribution in [2.24, 2.45) is 0 Å². The number of rotatable bonds is 3. The number of hydrogen-bond donors (Lipinski definition) is 0. The zero-order chi connectivity index (χ0) is 28.8. The van der Waals surface area contributed by atoms with Crippen LogP contribution in [0.3, 0.4) is 0 Å². The quantitative estimate of drug-likeness (QED) is 0.376. The van der Waals surface area contributed by atoms with Crippen LogP contribution in [0.2, 0.25) is 0 Å². The third kappa shape index (κ3) is 3.14. The smallest absolute Gasteiger partial charge is 0.268 e. The highest BCUT2D eigenvalue weighted by Gasteiger charge is 2.43. The maximum atomic E-state index is 13.7. The molecule has 0 bridgehead atoms. The number of aromatic nitrogens is 1. The van der Waals surface area contributed by atoms with Crippen molar-refractivity contribution in [3.8, 4) is 0 Å². The molecule has 7 rings (SSSR count). The average Bonchev–Trinajstić information content (AvgIpc) is 3.44. The fraction of sp³-hybridized carbons (Fsp3) is 0.200. The summed E-state index contributed by atoms with van der Waals surface area (Å²) in [6.45, 7) is -0.706. The highest BCUT2D eigenvalue weighted by Crippen LogP contribution is 2.42. The first-order valence-corrected chi connectivity index (χ1v) is 13.8. The van der Waals surface area contributed by atoms with E-state index in [1.165, 1.54) is 8.87 Å². The Hall–Kier alpha value is -4.01. The molecule has 1 aromatic heterocycles. The lowest BCUT2D eigenvalue weighted by Crippen LogP contribution is -2.51. The normalized spacial score (nSPS) is 22.5. The van der Waals surface area contributed by atoms with Crippen molar-refractivity contribution in [3.05, 3.63) is 107 Å². The van der Waals surface area contributed by atoms with Crippen LogP contribution < -0.4 is 0 Å². The summed E-state index contributed by atoms with van der Waals surface area (Å²) in [4.78, 5) is 29.3. The molecule has 1 aliphatic carbocycles. The maximum Gasteiger partial charge on any atom is 0.268 e. The second-order valence-corrected chi connectivity index (χ2v) is 11.9. The zero-order valence-corrected chi connectivity index (χ0v) is 21.3. The molecule has 0 radical (unpaired) electrons. The largest absolute Gasteiger partial charge is 0.297 e. The summed E-state index contributed by atoms with van der Waals surface area (Å²) >= 11 is 0. The minimum Gasteiger partial charge on any atom is -0.297 e. The molecule has 0 saturated heterocycles. The number of hydrogen-bond acceptors (Lipinski definition) is 5. The first kappa shape index (κ1) is 20.0. The van der Waals surface area contributed by atoms with E-state index in [1.807, 2.05) is 19.1 Å². The average molecular weight is 527 g/mol. The Morgan fingerprint density at radius 1 is 0.895 bits per heavy atom. The van der Waals surface area contributed by atoms with Crippen LogP contribution in [0.4, 0.5) is 0 Å². The van der Waals surface area contributed by atoms with Crippen LogP contribution in [-0.2, 0) is 16.4 Å². The van der Waals surface area contributed by atoms with Gasteiger partial charge in [-0.15, -0.1) is 0 Å². The van der Waals surface area contributed by atoms with Crippen molar-refractivity contribution in [3.63, 3.8) is 0 Å². The monoisotopic (exact) mass is 526 g/mol. The van der Waals surface area contributed by atoms with Gasteiger partial charge in [-0.3, -0.25) is 19.4 Å². The second-order valence-electron chi connectivity index (χ2n) is 10.1. The number of aryl methyl sites for hydroxylation is 1. The predicted octanol–water partition coefficient (Wildman–Crippen LogP) is 4.11. The van der Waals surface area contributed by atoms with Crippen LogP contribution in [0.25, 0.3) is 16.5 Å². The summed E-state index contributed by atoms with van der Waals surface area (Å²) in [5.41, 5.74) is 4.10. The standard InChI is InChI=1S/C30H25N3O4S/c1-18-10-12-21(13-11-18)38(36,37)32-16-19-14-27-25(22-8-5-9-26(32)28(19)22)15-20(17-31(27)2)33-29(34)23-6-3-4-7-24(23)30(33)35/h3-13,15-16,20,27H,14,17H2,1-2H3/t20-,27+/m0/s1/i2D3. The van der Waals surface area contributed by atoms with Crippen molar-refractivity contribution < 1.29 is 22.1 Å². The summed E-state index contributed by atoms with van der Waals surface area (Å²) in [5.74, 6) is -0.914. The lowest BCUT2D eigenvalue weighted by Gasteiger charge is -2.41. The third-order valence-corrected chi connectivity index (χ3v) is 9.51. The molecule has 0 fully saturated rings. The van der Waals surface area contributed by atoms with Crippen molar-refractivity contribution in [2.75, 3.05) is 13.5 Å². The van der Waals surface area contributed by atoms with E-state index >= 15 is 0 Å². The summed E-state index contributed by atoms with van der Waals surface area (Å²) in [6, 6.07) is 17.1. The molecule has 2 aliphatic heterocycles. The molecule has 38 heavy (non-hydrogen) atoms. The molecule has 3 aliphatic rings. The Morgan fingerprint density at radius 2 is 1.58 bits per heavy atom. The molecule has 3 heterocycles. The van der Waals surface area contributed by atoms with Crippen LogP contribution >= 0.6 is 0 Å². The highest BCUT2D eigenvalue weighted by molar-refractivity contribution is 7.90. The van der Waals surface area contributed by atoms with Crippen LogP contribution in [0, 0.1) is 6.92 Å². The van der Waals surface area contributed by atoms with Crippen molar-refractivity contribution in [2.45, 2.75) is 30.3 Å². The van der Waals surface area contributed by atoms with Gasteiger partial charge >= 0.3 is 0 Å². The van der Waals surface area contributed by atoms with E-state index in [2.05, 4.69) is 0 Å². The fourth-order valence-electron chi connectivity index (χ4n) is 5.99. The van der Waals surface area contributed by atoms with Gasteiger partial charge in [0, 0.05) is 28.3 Å². The van der Waals surface area contributed by atoms with E-state index in [-0.39, 0.29) is 17.9 Å². The Morgan fingerprint density at radius 3 is 2.26 bits per heavy atom.